The van der Waals surface area contributed by atoms with Crippen molar-refractivity contribution < 1.29 is 70.2 Å². The van der Waals surface area contributed by atoms with E-state index in [-0.39, 0.29) is 0 Å². The van der Waals surface area contributed by atoms with Gasteiger partial charge < -0.3 is 0 Å². The maximum atomic E-state index is 14.8. The number of alkyl halides is 4. The Balaban J connectivity index is 2.61. The summed E-state index contributed by atoms with van der Waals surface area (Å²) >= 11 is 0. The van der Waals surface area contributed by atoms with Crippen LogP contribution in [0.2, 0.25) is 0 Å². The Morgan fingerprint density at radius 2 is 0.647 bits per heavy atom. The molecule has 0 aromatic heterocycles. The topological polar surface area (TPSA) is 0 Å². The fraction of sp³-hybridized carbons (Fsp3) is 0.111. The molecule has 3 rings (SSSR count). The van der Waals surface area contributed by atoms with Crippen LogP contribution in [-0.2, 0) is 0 Å². The molecule has 0 heterocycles. The van der Waals surface area contributed by atoms with Crippen LogP contribution in [0.5, 0.6) is 0 Å². The number of hydrogen-bond acceptors (Lipinski definition) is 0. The number of rotatable bonds is 2. The van der Waals surface area contributed by atoms with Gasteiger partial charge in [-0.25, -0.2) is 52.7 Å². The van der Waals surface area contributed by atoms with Gasteiger partial charge in [0.25, 0.3) is 0 Å². The van der Waals surface area contributed by atoms with Gasteiger partial charge in [-0.15, -0.1) is 0 Å². The van der Waals surface area contributed by atoms with E-state index in [9.17, 15) is 70.2 Å². The second kappa shape index (κ2) is 7.66. The van der Waals surface area contributed by atoms with Crippen LogP contribution in [0.4, 0.5) is 70.2 Å². The summed E-state index contributed by atoms with van der Waals surface area (Å²) in [6.45, 7) is 0. The van der Waals surface area contributed by atoms with Gasteiger partial charge in [0.05, 0.1) is 22.3 Å². The number of allylic oxidation sites excluding steroid dienone is 4. The summed E-state index contributed by atoms with van der Waals surface area (Å²) in [5.41, 5.74) is -12.7. The van der Waals surface area contributed by atoms with E-state index in [4.69, 9.17) is 0 Å². The molecule has 1 aliphatic rings. The van der Waals surface area contributed by atoms with E-state index in [1.165, 1.54) is 0 Å². The third-order valence-corrected chi connectivity index (χ3v) is 4.56. The van der Waals surface area contributed by atoms with Gasteiger partial charge in [0.2, 0.25) is 11.6 Å². The van der Waals surface area contributed by atoms with Crippen molar-refractivity contribution in [2.75, 3.05) is 0 Å². The van der Waals surface area contributed by atoms with Crippen LogP contribution < -0.4 is 0 Å². The molecule has 2 aromatic carbocycles. The summed E-state index contributed by atoms with van der Waals surface area (Å²) in [6, 6.07) is 0. The molecule has 0 bridgehead atoms. The van der Waals surface area contributed by atoms with Crippen LogP contribution in [0.1, 0.15) is 11.1 Å². The lowest BCUT2D eigenvalue weighted by Crippen LogP contribution is -2.45. The molecule has 0 fully saturated rings. The highest BCUT2D eigenvalue weighted by molar-refractivity contribution is 5.94. The SMILES string of the molecule is FC1=C(c2c(F)c(F)c(F)c(F)c2F)C(F)(F)C(F)(F)C(F)=C1c1c(F)c(F)c(F)c(F)c1F. The zero-order valence-corrected chi connectivity index (χ0v) is 15.0. The predicted molar refractivity (Wildman–Crippen MR) is 78.4 cm³/mol. The first-order chi connectivity index (χ1) is 15.4. The largest absolute Gasteiger partial charge is 0.365 e. The van der Waals surface area contributed by atoms with Crippen molar-refractivity contribution in [1.82, 2.24) is 0 Å². The minimum Gasteiger partial charge on any atom is -0.206 e. The lowest BCUT2D eigenvalue weighted by atomic mass is 9.83. The van der Waals surface area contributed by atoms with Gasteiger partial charge in [0.15, 0.2) is 52.4 Å². The van der Waals surface area contributed by atoms with Crippen LogP contribution >= 0.6 is 0 Å². The highest BCUT2D eigenvalue weighted by Crippen LogP contribution is 2.58. The van der Waals surface area contributed by atoms with Gasteiger partial charge in [0, 0.05) is 0 Å². The maximum Gasteiger partial charge on any atom is 0.365 e. The average molecular weight is 520 g/mol. The Bertz CT molecular complexity index is 1260. The molecule has 2 aromatic rings. The van der Waals surface area contributed by atoms with Crippen molar-refractivity contribution in [3.63, 3.8) is 0 Å². The predicted octanol–water partition coefficient (Wildman–Crippen LogP) is 7.42. The number of benzene rings is 2. The molecule has 34 heavy (non-hydrogen) atoms. The summed E-state index contributed by atoms with van der Waals surface area (Å²) in [6.07, 6.45) is 0. The normalized spacial score (nSPS) is 17.6. The standard InChI is InChI=1S/C18F16/c19-5-2(1-6(20)10(24)14(28)11(25)7(1)21)16(30)18(33,34)17(31,32)4(5)3-8(22)12(26)15(29)13(27)9(3)23. The molecule has 184 valence electrons. The Labute approximate surface area is 175 Å². The van der Waals surface area contributed by atoms with E-state index in [1.54, 1.807) is 0 Å². The molecule has 1 aliphatic carbocycles. The van der Waals surface area contributed by atoms with Crippen molar-refractivity contribution in [2.45, 2.75) is 11.8 Å². The van der Waals surface area contributed by atoms with Crippen molar-refractivity contribution in [1.29, 1.82) is 0 Å². The average Bonchev–Trinajstić information content (AvgIpc) is 2.77. The smallest absolute Gasteiger partial charge is 0.206 e. The zero-order chi connectivity index (χ0) is 26.2. The minimum atomic E-state index is -6.56. The van der Waals surface area contributed by atoms with Gasteiger partial charge in [-0.1, -0.05) is 0 Å². The van der Waals surface area contributed by atoms with Gasteiger partial charge >= 0.3 is 11.8 Å². The first kappa shape index (κ1) is 25.4. The third-order valence-electron chi connectivity index (χ3n) is 4.56. The molecule has 0 saturated heterocycles. The van der Waals surface area contributed by atoms with E-state index in [0.717, 1.165) is 0 Å². The fourth-order valence-corrected chi connectivity index (χ4v) is 2.95. The molecule has 16 heteroatoms. The van der Waals surface area contributed by atoms with Crippen LogP contribution in [0.3, 0.4) is 0 Å². The highest BCUT2D eigenvalue weighted by Gasteiger charge is 2.68. The van der Waals surface area contributed by atoms with Gasteiger partial charge in [-0.05, 0) is 0 Å². The number of halogens is 16. The van der Waals surface area contributed by atoms with Crippen molar-refractivity contribution in [3.05, 3.63) is 81.0 Å². The Morgan fingerprint density at radius 3 is 1.00 bits per heavy atom. The lowest BCUT2D eigenvalue weighted by Gasteiger charge is -2.33. The van der Waals surface area contributed by atoms with Crippen LogP contribution in [0.25, 0.3) is 11.1 Å². The van der Waals surface area contributed by atoms with Crippen molar-refractivity contribution in [3.8, 4) is 0 Å². The van der Waals surface area contributed by atoms with Crippen molar-refractivity contribution in [2.24, 2.45) is 0 Å². The van der Waals surface area contributed by atoms with E-state index < -0.39 is 104 Å². The summed E-state index contributed by atoms with van der Waals surface area (Å²) in [7, 11) is 0. The number of hydrogen-bond donors (Lipinski definition) is 0. The zero-order valence-electron chi connectivity index (χ0n) is 15.0. The van der Waals surface area contributed by atoms with E-state index >= 15 is 0 Å². The molecule has 0 radical (unpaired) electrons. The maximum absolute atomic E-state index is 14.8. The van der Waals surface area contributed by atoms with Gasteiger partial charge in [0.1, 0.15) is 5.83 Å². The van der Waals surface area contributed by atoms with Crippen molar-refractivity contribution >= 4 is 11.1 Å². The highest BCUT2D eigenvalue weighted by atomic mass is 19.3. The molecule has 0 N–H and O–H groups in total. The fourth-order valence-electron chi connectivity index (χ4n) is 2.95. The monoisotopic (exact) mass is 520 g/mol. The summed E-state index contributed by atoms with van der Waals surface area (Å²) in [5.74, 6) is -51.9. The molecule has 0 unspecified atom stereocenters. The molecular weight excluding hydrogens is 520 g/mol. The molecule has 0 aliphatic heterocycles. The first-order valence-corrected chi connectivity index (χ1v) is 8.02. The molecule has 0 nitrogen and oxygen atoms in total. The quantitative estimate of drug-likeness (QED) is 0.220. The summed E-state index contributed by atoms with van der Waals surface area (Å²) in [5, 5.41) is 0. The molecule has 0 atom stereocenters. The summed E-state index contributed by atoms with van der Waals surface area (Å²) in [4.78, 5) is 0. The Kier molecular flexibility index (Phi) is 5.73. The van der Waals surface area contributed by atoms with Gasteiger partial charge in [-0.2, -0.15) is 17.6 Å². The van der Waals surface area contributed by atoms with Crippen LogP contribution in [0, 0.1) is 58.2 Å². The third kappa shape index (κ3) is 3.02. The Morgan fingerprint density at radius 1 is 0.353 bits per heavy atom. The minimum absolute atomic E-state index is 2.93. The second-order valence-electron chi connectivity index (χ2n) is 6.42. The molecule has 0 amide bonds. The molecular formula is C18F16. The Hall–Kier alpha value is -3.20. The lowest BCUT2D eigenvalue weighted by molar-refractivity contribution is -0.159. The van der Waals surface area contributed by atoms with E-state index in [0.29, 0.717) is 0 Å². The van der Waals surface area contributed by atoms with Crippen LogP contribution in [0.15, 0.2) is 11.7 Å². The first-order valence-electron chi connectivity index (χ1n) is 8.02. The molecule has 0 saturated carbocycles. The summed E-state index contributed by atoms with van der Waals surface area (Å²) < 4.78 is 222. The van der Waals surface area contributed by atoms with E-state index in [2.05, 4.69) is 0 Å². The van der Waals surface area contributed by atoms with Gasteiger partial charge in [-0.3, -0.25) is 0 Å². The van der Waals surface area contributed by atoms with E-state index in [1.807, 2.05) is 0 Å². The second-order valence-corrected chi connectivity index (χ2v) is 6.42. The molecule has 0 spiro atoms. The van der Waals surface area contributed by atoms with Crippen LogP contribution in [-0.4, -0.2) is 11.8 Å².